The van der Waals surface area contributed by atoms with Crippen molar-refractivity contribution in [2.75, 3.05) is 12.4 Å². The lowest BCUT2D eigenvalue weighted by Gasteiger charge is -2.03. The van der Waals surface area contributed by atoms with E-state index in [-0.39, 0.29) is 5.63 Å². The van der Waals surface area contributed by atoms with E-state index in [1.54, 1.807) is 30.0 Å². The minimum atomic E-state index is -0.340. The number of ether oxygens (including phenoxy) is 1. The second-order valence-corrected chi connectivity index (χ2v) is 6.27. The van der Waals surface area contributed by atoms with Crippen molar-refractivity contribution in [2.45, 2.75) is 4.90 Å². The fraction of sp³-hybridized carbons (Fsp3) is 0.105. The summed E-state index contributed by atoms with van der Waals surface area (Å²) in [6.07, 6.45) is 0. The molecule has 120 valence electrons. The van der Waals surface area contributed by atoms with Gasteiger partial charge in [0.2, 0.25) is 0 Å². The smallest absolute Gasteiger partial charge is 0.336 e. The average molecular weight is 357 g/mol. The van der Waals surface area contributed by atoms with Gasteiger partial charge in [-0.3, -0.25) is 0 Å². The Balaban J connectivity index is 1.53. The molecule has 0 aliphatic rings. The lowest BCUT2D eigenvalue weighted by Crippen LogP contribution is -1.94. The molecule has 0 saturated heterocycles. The van der Waals surface area contributed by atoms with Gasteiger partial charge in [0.05, 0.1) is 10.8 Å². The average Bonchev–Trinajstić information content (AvgIpc) is 2.59. The van der Waals surface area contributed by atoms with E-state index in [9.17, 15) is 4.79 Å². The molecule has 0 saturated carbocycles. The zero-order valence-electron chi connectivity index (χ0n) is 12.6. The first-order valence-electron chi connectivity index (χ1n) is 7.22. The van der Waals surface area contributed by atoms with Crippen LogP contribution in [0.15, 0.2) is 68.7 Å². The summed E-state index contributed by atoms with van der Waals surface area (Å²) in [5.41, 5.74) is 0.248. The summed E-state index contributed by atoms with van der Waals surface area (Å²) in [5.74, 6) is 7.30. The van der Waals surface area contributed by atoms with Crippen molar-refractivity contribution in [3.63, 3.8) is 0 Å². The van der Waals surface area contributed by atoms with Gasteiger partial charge in [-0.25, -0.2) is 4.79 Å². The van der Waals surface area contributed by atoms with Gasteiger partial charge in [-0.05, 0) is 36.4 Å². The van der Waals surface area contributed by atoms with E-state index in [2.05, 4.69) is 11.8 Å². The Labute approximate surface area is 148 Å². The van der Waals surface area contributed by atoms with Crippen molar-refractivity contribution in [2.24, 2.45) is 0 Å². The third kappa shape index (κ3) is 4.35. The summed E-state index contributed by atoms with van der Waals surface area (Å²) >= 11 is 7.61. The van der Waals surface area contributed by atoms with Gasteiger partial charge >= 0.3 is 5.63 Å². The second-order valence-electron chi connectivity index (χ2n) is 4.82. The molecule has 2 aromatic carbocycles. The van der Waals surface area contributed by atoms with Crippen molar-refractivity contribution in [1.82, 2.24) is 0 Å². The molecule has 1 aromatic heterocycles. The lowest BCUT2D eigenvalue weighted by molar-refractivity contribution is 0.370. The highest BCUT2D eigenvalue weighted by atomic mass is 35.5. The van der Waals surface area contributed by atoms with Crippen molar-refractivity contribution in [3.8, 4) is 17.6 Å². The lowest BCUT2D eigenvalue weighted by atomic mass is 10.2. The molecule has 0 unspecified atom stereocenters. The van der Waals surface area contributed by atoms with Crippen LogP contribution in [0.5, 0.6) is 5.75 Å². The van der Waals surface area contributed by atoms with E-state index in [0.717, 1.165) is 10.3 Å². The van der Waals surface area contributed by atoms with Gasteiger partial charge in [-0.1, -0.05) is 35.6 Å². The van der Waals surface area contributed by atoms with Crippen LogP contribution in [0.1, 0.15) is 0 Å². The number of benzene rings is 2. The summed E-state index contributed by atoms with van der Waals surface area (Å²) in [4.78, 5) is 12.2. The van der Waals surface area contributed by atoms with Crippen LogP contribution < -0.4 is 10.4 Å². The normalized spacial score (nSPS) is 10.2. The predicted molar refractivity (Wildman–Crippen MR) is 97.9 cm³/mol. The van der Waals surface area contributed by atoms with E-state index in [1.165, 1.54) is 6.07 Å². The van der Waals surface area contributed by atoms with Crippen molar-refractivity contribution in [1.29, 1.82) is 0 Å². The van der Waals surface area contributed by atoms with Crippen LogP contribution in [0.4, 0.5) is 0 Å². The van der Waals surface area contributed by atoms with Gasteiger partial charge in [0, 0.05) is 16.3 Å². The summed E-state index contributed by atoms with van der Waals surface area (Å²) in [5, 5.41) is 1.48. The Bertz CT molecular complexity index is 969. The van der Waals surface area contributed by atoms with E-state index < -0.39 is 0 Å². The number of fused-ring (bicyclic) bond motifs is 1. The Morgan fingerprint density at radius 1 is 1.08 bits per heavy atom. The summed E-state index contributed by atoms with van der Waals surface area (Å²) in [6.45, 7) is 0.299. The molecule has 0 amide bonds. The molecule has 0 atom stereocenters. The van der Waals surface area contributed by atoms with Gasteiger partial charge in [-0.15, -0.1) is 11.8 Å². The maximum absolute atomic E-state index is 11.2. The molecule has 3 nitrogen and oxygen atoms in total. The molecule has 3 aromatic rings. The summed E-state index contributed by atoms with van der Waals surface area (Å²) < 4.78 is 10.6. The highest BCUT2D eigenvalue weighted by molar-refractivity contribution is 7.99. The van der Waals surface area contributed by atoms with Gasteiger partial charge in [0.1, 0.15) is 17.9 Å². The molecule has 0 bridgehead atoms. The molecule has 5 heteroatoms. The Morgan fingerprint density at radius 2 is 1.96 bits per heavy atom. The van der Waals surface area contributed by atoms with Crippen LogP contribution in [0.25, 0.3) is 11.0 Å². The Morgan fingerprint density at radius 3 is 2.83 bits per heavy atom. The first-order chi connectivity index (χ1) is 11.7. The largest absolute Gasteiger partial charge is 0.479 e. The first kappa shape index (κ1) is 16.5. The minimum Gasteiger partial charge on any atom is -0.479 e. The molecule has 0 N–H and O–H groups in total. The first-order valence-corrected chi connectivity index (χ1v) is 8.58. The van der Waals surface area contributed by atoms with Crippen molar-refractivity contribution < 1.29 is 9.15 Å². The summed E-state index contributed by atoms with van der Waals surface area (Å²) in [6, 6.07) is 16.2. The quantitative estimate of drug-likeness (QED) is 0.388. The highest BCUT2D eigenvalue weighted by Gasteiger charge is 1.99. The molecule has 24 heavy (non-hydrogen) atoms. The van der Waals surface area contributed by atoms with E-state index >= 15 is 0 Å². The highest BCUT2D eigenvalue weighted by Crippen LogP contribution is 2.23. The van der Waals surface area contributed by atoms with Gasteiger partial charge in [0.15, 0.2) is 0 Å². The molecule has 3 rings (SSSR count). The number of thioether (sulfide) groups is 1. The molecule has 1 heterocycles. The Kier molecular flexibility index (Phi) is 5.47. The van der Waals surface area contributed by atoms with Crippen molar-refractivity contribution >= 4 is 34.3 Å². The molecule has 0 radical (unpaired) electrons. The zero-order chi connectivity index (χ0) is 16.8. The van der Waals surface area contributed by atoms with Crippen LogP contribution in [-0.4, -0.2) is 12.4 Å². The third-order valence-electron chi connectivity index (χ3n) is 3.16. The zero-order valence-corrected chi connectivity index (χ0v) is 14.2. The molecular weight excluding hydrogens is 344 g/mol. The van der Waals surface area contributed by atoms with Gasteiger partial charge < -0.3 is 9.15 Å². The molecule has 0 fully saturated rings. The van der Waals surface area contributed by atoms with Crippen LogP contribution in [0, 0.1) is 11.8 Å². The van der Waals surface area contributed by atoms with Crippen LogP contribution in [-0.2, 0) is 0 Å². The SMILES string of the molecule is O=c1ccc2cc(SCC#CCOc3ccccc3Cl)ccc2o1. The molecule has 0 spiro atoms. The maximum atomic E-state index is 11.2. The number of hydrogen-bond donors (Lipinski definition) is 0. The number of hydrogen-bond acceptors (Lipinski definition) is 4. The number of halogens is 1. The van der Waals surface area contributed by atoms with Crippen LogP contribution >= 0.6 is 23.4 Å². The molecular formula is C19H13ClO3S. The fourth-order valence-corrected chi connectivity index (χ4v) is 2.94. The monoisotopic (exact) mass is 356 g/mol. The Hall–Kier alpha value is -2.35. The number of rotatable bonds is 4. The van der Waals surface area contributed by atoms with Crippen LogP contribution in [0.2, 0.25) is 5.02 Å². The van der Waals surface area contributed by atoms with Crippen molar-refractivity contribution in [3.05, 3.63) is 70.0 Å². The predicted octanol–water partition coefficient (Wildman–Crippen LogP) is 4.62. The van der Waals surface area contributed by atoms with Gasteiger partial charge in [-0.2, -0.15) is 0 Å². The summed E-state index contributed by atoms with van der Waals surface area (Å²) in [7, 11) is 0. The van der Waals surface area contributed by atoms with E-state index in [4.69, 9.17) is 20.8 Å². The van der Waals surface area contributed by atoms with E-state index in [0.29, 0.717) is 28.7 Å². The molecule has 0 aliphatic heterocycles. The van der Waals surface area contributed by atoms with Crippen LogP contribution in [0.3, 0.4) is 0 Å². The molecule has 0 aliphatic carbocycles. The van der Waals surface area contributed by atoms with Gasteiger partial charge in [0.25, 0.3) is 0 Å². The second kappa shape index (κ2) is 7.96. The fourth-order valence-electron chi connectivity index (χ4n) is 2.04. The standard InChI is InChI=1S/C19H13ClO3S/c20-16-5-1-2-6-18(16)22-11-3-4-12-24-15-8-9-17-14(13-15)7-10-19(21)23-17/h1-2,5-10,13H,11-12H2. The third-order valence-corrected chi connectivity index (χ3v) is 4.35. The minimum absolute atomic E-state index is 0.299. The topological polar surface area (TPSA) is 39.4 Å². The van der Waals surface area contributed by atoms with E-state index in [1.807, 2.05) is 30.3 Å². The maximum Gasteiger partial charge on any atom is 0.336 e. The number of para-hydroxylation sites is 1.